The highest BCUT2D eigenvalue weighted by Gasteiger charge is 2.33. The van der Waals surface area contributed by atoms with Gasteiger partial charge in [0.25, 0.3) is 5.91 Å². The van der Waals surface area contributed by atoms with E-state index in [9.17, 15) is 9.59 Å². The van der Waals surface area contributed by atoms with E-state index in [1.54, 1.807) is 47.7 Å². The van der Waals surface area contributed by atoms with Crippen LogP contribution in [-0.4, -0.2) is 47.9 Å². The van der Waals surface area contributed by atoms with Gasteiger partial charge in [-0.3, -0.25) is 9.59 Å². The van der Waals surface area contributed by atoms with Crippen molar-refractivity contribution in [2.24, 2.45) is 0 Å². The Morgan fingerprint density at radius 1 is 1.20 bits per heavy atom. The summed E-state index contributed by atoms with van der Waals surface area (Å²) in [7, 11) is 0. The number of thiophene rings is 1. The first-order chi connectivity index (χ1) is 16.9. The molecule has 4 rings (SSSR count). The normalized spacial score (nSPS) is 14.8. The Kier molecular flexibility index (Phi) is 8.16. The molecule has 5 nitrogen and oxygen atoms in total. The Morgan fingerprint density at radius 3 is 2.74 bits per heavy atom. The summed E-state index contributed by atoms with van der Waals surface area (Å²) >= 11 is 14.1. The van der Waals surface area contributed by atoms with Gasteiger partial charge in [-0.05, 0) is 66.2 Å². The number of hydrogen-bond donors (Lipinski definition) is 0. The molecular weight excluding hydrogens is 503 g/mol. The van der Waals surface area contributed by atoms with Crippen LogP contribution in [0.2, 0.25) is 10.0 Å². The van der Waals surface area contributed by atoms with Gasteiger partial charge in [-0.2, -0.15) is 0 Å². The molecule has 0 aliphatic carbocycles. The van der Waals surface area contributed by atoms with Gasteiger partial charge in [0, 0.05) is 23.0 Å². The molecule has 2 aromatic carbocycles. The number of carbonyl (C=O) groups is 2. The first-order valence-electron chi connectivity index (χ1n) is 11.3. The highest BCUT2D eigenvalue weighted by molar-refractivity contribution is 7.10. The largest absolute Gasteiger partial charge is 0.491 e. The van der Waals surface area contributed by atoms with Gasteiger partial charge in [-0.15, -0.1) is 17.9 Å². The van der Waals surface area contributed by atoms with Crippen LogP contribution in [0, 0.1) is 6.92 Å². The van der Waals surface area contributed by atoms with E-state index in [-0.39, 0.29) is 30.9 Å². The topological polar surface area (TPSA) is 49.9 Å². The van der Waals surface area contributed by atoms with Crippen LogP contribution in [0.25, 0.3) is 0 Å². The smallest absolute Gasteiger partial charge is 0.256 e. The molecule has 0 fully saturated rings. The first-order valence-corrected chi connectivity index (χ1v) is 12.9. The van der Waals surface area contributed by atoms with E-state index in [0.717, 1.165) is 17.5 Å². The van der Waals surface area contributed by atoms with E-state index in [2.05, 4.69) is 12.6 Å². The molecule has 35 heavy (non-hydrogen) atoms. The van der Waals surface area contributed by atoms with Crippen molar-refractivity contribution in [2.45, 2.75) is 19.4 Å². The number of amides is 2. The Hall–Kier alpha value is -2.80. The fourth-order valence-electron chi connectivity index (χ4n) is 4.19. The van der Waals surface area contributed by atoms with Crippen LogP contribution in [0.4, 0.5) is 0 Å². The lowest BCUT2D eigenvalue weighted by molar-refractivity contribution is -0.135. The zero-order valence-corrected chi connectivity index (χ0v) is 21.7. The maximum Gasteiger partial charge on any atom is 0.256 e. The van der Waals surface area contributed by atoms with Crippen molar-refractivity contribution in [3.8, 4) is 5.75 Å². The fraction of sp³-hybridized carbons (Fsp3) is 0.259. The van der Waals surface area contributed by atoms with Crippen LogP contribution >= 0.6 is 34.5 Å². The SMILES string of the molecule is C=CCN(CC(=O)N1CCc2sccc2[C@@H]1COc1ccc(Cl)c(C)c1)C(=O)c1ccccc1Cl. The third-order valence-electron chi connectivity index (χ3n) is 6.02. The Labute approximate surface area is 219 Å². The third-order valence-corrected chi connectivity index (χ3v) is 7.77. The predicted molar refractivity (Wildman–Crippen MR) is 142 cm³/mol. The summed E-state index contributed by atoms with van der Waals surface area (Å²) in [6.45, 7) is 6.69. The molecule has 2 amide bonds. The summed E-state index contributed by atoms with van der Waals surface area (Å²) in [5.74, 6) is 0.246. The zero-order chi connectivity index (χ0) is 24.9. The van der Waals surface area contributed by atoms with Crippen molar-refractivity contribution in [3.05, 3.63) is 98.2 Å². The molecule has 1 aliphatic heterocycles. The van der Waals surface area contributed by atoms with E-state index in [1.165, 1.54) is 9.78 Å². The van der Waals surface area contributed by atoms with Gasteiger partial charge in [0.1, 0.15) is 18.9 Å². The molecule has 0 spiro atoms. The number of nitrogens with zero attached hydrogens (tertiary/aromatic N) is 2. The van der Waals surface area contributed by atoms with Crippen molar-refractivity contribution in [2.75, 3.05) is 26.2 Å². The van der Waals surface area contributed by atoms with E-state index in [4.69, 9.17) is 27.9 Å². The number of aryl methyl sites for hydroxylation is 1. The lowest BCUT2D eigenvalue weighted by atomic mass is 10.0. The van der Waals surface area contributed by atoms with Gasteiger partial charge in [-0.25, -0.2) is 0 Å². The Bertz CT molecular complexity index is 1240. The molecule has 0 saturated carbocycles. The minimum absolute atomic E-state index is 0.0773. The average molecular weight is 529 g/mol. The Balaban J connectivity index is 1.54. The number of rotatable bonds is 8. The standard InChI is InChI=1S/C27H26Cl2N2O3S/c1-3-12-30(27(33)20-6-4-5-7-23(20)29)16-26(32)31-13-10-25-21(11-14-35-25)24(31)17-34-19-8-9-22(28)18(2)15-19/h3-9,11,14-15,24H,1,10,12-13,16-17H2,2H3/t24-/m0/s1. The number of benzene rings is 2. The number of carbonyl (C=O) groups excluding carboxylic acids is 2. The molecule has 2 heterocycles. The van der Waals surface area contributed by atoms with Crippen molar-refractivity contribution in [3.63, 3.8) is 0 Å². The van der Waals surface area contributed by atoms with Gasteiger partial charge in [0.2, 0.25) is 5.91 Å². The quantitative estimate of drug-likeness (QED) is 0.327. The van der Waals surface area contributed by atoms with Crippen LogP contribution in [0.15, 0.2) is 66.6 Å². The molecule has 1 atom stereocenters. The van der Waals surface area contributed by atoms with E-state index in [1.807, 2.05) is 29.3 Å². The van der Waals surface area contributed by atoms with Gasteiger partial charge in [0.15, 0.2) is 0 Å². The van der Waals surface area contributed by atoms with Gasteiger partial charge >= 0.3 is 0 Å². The minimum Gasteiger partial charge on any atom is -0.491 e. The van der Waals surface area contributed by atoms with Crippen molar-refractivity contribution < 1.29 is 14.3 Å². The van der Waals surface area contributed by atoms with E-state index in [0.29, 0.717) is 34.5 Å². The number of halogens is 2. The average Bonchev–Trinajstić information content (AvgIpc) is 3.33. The summed E-state index contributed by atoms with van der Waals surface area (Å²) in [4.78, 5) is 31.3. The molecule has 0 unspecified atom stereocenters. The molecule has 0 N–H and O–H groups in total. The predicted octanol–water partition coefficient (Wildman–Crippen LogP) is 6.20. The molecule has 182 valence electrons. The third kappa shape index (κ3) is 5.72. The molecule has 0 radical (unpaired) electrons. The highest BCUT2D eigenvalue weighted by Crippen LogP contribution is 2.34. The van der Waals surface area contributed by atoms with Gasteiger partial charge in [0.05, 0.1) is 16.6 Å². The second-order valence-electron chi connectivity index (χ2n) is 8.33. The molecule has 1 aromatic heterocycles. The van der Waals surface area contributed by atoms with E-state index >= 15 is 0 Å². The van der Waals surface area contributed by atoms with Crippen molar-refractivity contribution >= 4 is 46.4 Å². The van der Waals surface area contributed by atoms with Crippen LogP contribution in [-0.2, 0) is 11.2 Å². The number of fused-ring (bicyclic) bond motifs is 1. The molecule has 0 bridgehead atoms. The lowest BCUT2D eigenvalue weighted by Gasteiger charge is -2.37. The fourth-order valence-corrected chi connectivity index (χ4v) is 5.45. The Morgan fingerprint density at radius 2 is 2.00 bits per heavy atom. The zero-order valence-electron chi connectivity index (χ0n) is 19.4. The molecule has 3 aromatic rings. The monoisotopic (exact) mass is 528 g/mol. The molecule has 0 saturated heterocycles. The number of hydrogen-bond acceptors (Lipinski definition) is 4. The maximum atomic E-state index is 13.6. The molecular formula is C27H26Cl2N2O3S. The first kappa shape index (κ1) is 25.3. The van der Waals surface area contributed by atoms with Crippen LogP contribution in [0.3, 0.4) is 0 Å². The summed E-state index contributed by atoms with van der Waals surface area (Å²) < 4.78 is 6.11. The van der Waals surface area contributed by atoms with Gasteiger partial charge < -0.3 is 14.5 Å². The van der Waals surface area contributed by atoms with Crippen molar-refractivity contribution in [1.82, 2.24) is 9.80 Å². The summed E-state index contributed by atoms with van der Waals surface area (Å²) in [6.07, 6.45) is 2.38. The minimum atomic E-state index is -0.304. The molecule has 8 heteroatoms. The highest BCUT2D eigenvalue weighted by atomic mass is 35.5. The van der Waals surface area contributed by atoms with Crippen LogP contribution in [0.5, 0.6) is 5.75 Å². The van der Waals surface area contributed by atoms with Crippen LogP contribution in [0.1, 0.15) is 32.4 Å². The lowest BCUT2D eigenvalue weighted by Crippen LogP contribution is -2.47. The maximum absolute atomic E-state index is 13.6. The van der Waals surface area contributed by atoms with E-state index < -0.39 is 0 Å². The second-order valence-corrected chi connectivity index (χ2v) is 10.1. The summed E-state index contributed by atoms with van der Waals surface area (Å²) in [5, 5.41) is 3.07. The van der Waals surface area contributed by atoms with Crippen molar-refractivity contribution in [1.29, 1.82) is 0 Å². The van der Waals surface area contributed by atoms with Crippen LogP contribution < -0.4 is 4.74 Å². The number of ether oxygens (including phenoxy) is 1. The molecule has 1 aliphatic rings. The van der Waals surface area contributed by atoms with Gasteiger partial charge in [-0.1, -0.05) is 41.4 Å². The second kappa shape index (κ2) is 11.3. The summed E-state index contributed by atoms with van der Waals surface area (Å²) in [6, 6.07) is 14.2. The summed E-state index contributed by atoms with van der Waals surface area (Å²) in [5.41, 5.74) is 2.38.